The highest BCUT2D eigenvalue weighted by molar-refractivity contribution is 7.89. The van der Waals surface area contributed by atoms with Crippen LogP contribution in [0.25, 0.3) is 0 Å². The highest BCUT2D eigenvalue weighted by atomic mass is 32.2. The number of nitrogens with two attached hydrogens (primary N) is 1. The van der Waals surface area contributed by atoms with E-state index >= 15 is 0 Å². The Hall–Kier alpha value is -1.76. The molecule has 2 N–H and O–H groups in total. The predicted octanol–water partition coefficient (Wildman–Crippen LogP) is 2.25. The maximum Gasteiger partial charge on any atom is 0.246 e. The lowest BCUT2D eigenvalue weighted by atomic mass is 9.95. The Morgan fingerprint density at radius 2 is 1.78 bits per heavy atom. The van der Waals surface area contributed by atoms with Crippen LogP contribution in [0.4, 0.5) is 4.39 Å². The first-order valence-corrected chi connectivity index (χ1v) is 8.91. The monoisotopic (exact) mass is 334 g/mol. The van der Waals surface area contributed by atoms with Crippen molar-refractivity contribution in [2.45, 2.75) is 23.8 Å². The third-order valence-electron chi connectivity index (χ3n) is 4.32. The van der Waals surface area contributed by atoms with Crippen molar-refractivity contribution in [3.8, 4) is 0 Å². The molecule has 1 saturated heterocycles. The summed E-state index contributed by atoms with van der Waals surface area (Å²) in [6.45, 7) is 2.05. The molecular weight excluding hydrogens is 315 g/mol. The van der Waals surface area contributed by atoms with Gasteiger partial charge in [0.15, 0.2) is 0 Å². The van der Waals surface area contributed by atoms with Crippen molar-refractivity contribution in [3.05, 3.63) is 65.5 Å². The molecule has 1 aliphatic heterocycles. The van der Waals surface area contributed by atoms with Gasteiger partial charge >= 0.3 is 0 Å². The average Bonchev–Trinajstić information content (AvgIpc) is 2.90. The zero-order valence-electron chi connectivity index (χ0n) is 12.8. The van der Waals surface area contributed by atoms with Gasteiger partial charge in [-0.15, -0.1) is 0 Å². The van der Waals surface area contributed by atoms with Crippen molar-refractivity contribution in [1.82, 2.24) is 4.31 Å². The zero-order chi connectivity index (χ0) is 16.6. The Morgan fingerprint density at radius 3 is 2.43 bits per heavy atom. The van der Waals surface area contributed by atoms with E-state index < -0.39 is 15.8 Å². The molecule has 0 spiro atoms. The van der Waals surface area contributed by atoms with E-state index in [1.54, 1.807) is 13.0 Å². The second-order valence-corrected chi connectivity index (χ2v) is 7.76. The van der Waals surface area contributed by atoms with Gasteiger partial charge in [-0.05, 0) is 24.1 Å². The zero-order valence-corrected chi connectivity index (χ0v) is 13.6. The van der Waals surface area contributed by atoms with Crippen LogP contribution in [0.2, 0.25) is 0 Å². The van der Waals surface area contributed by atoms with Crippen LogP contribution in [0.15, 0.2) is 53.4 Å². The summed E-state index contributed by atoms with van der Waals surface area (Å²) in [4.78, 5) is -0.249. The standard InChI is InChI=1S/C17H19FN2O2S/c1-12-6-5-9-15(18)17(12)23(21,22)20-10-14(16(19)11-20)13-7-3-2-4-8-13/h2-9,14,16H,10-11,19H2,1H3/t14-,16+/m0/s1. The Bertz CT molecular complexity index is 788. The molecule has 0 unspecified atom stereocenters. The minimum Gasteiger partial charge on any atom is -0.326 e. The largest absolute Gasteiger partial charge is 0.326 e. The van der Waals surface area contributed by atoms with E-state index in [-0.39, 0.29) is 29.9 Å². The van der Waals surface area contributed by atoms with Gasteiger partial charge in [0, 0.05) is 25.0 Å². The first kappa shape index (κ1) is 16.1. The van der Waals surface area contributed by atoms with Crippen LogP contribution in [0.1, 0.15) is 17.0 Å². The van der Waals surface area contributed by atoms with Crippen molar-refractivity contribution in [3.63, 3.8) is 0 Å². The van der Waals surface area contributed by atoms with Crippen LogP contribution in [0, 0.1) is 12.7 Å². The summed E-state index contributed by atoms with van der Waals surface area (Å²) in [5, 5.41) is 0. The summed E-state index contributed by atoms with van der Waals surface area (Å²) in [5.41, 5.74) is 7.56. The van der Waals surface area contributed by atoms with Gasteiger partial charge in [-0.2, -0.15) is 4.31 Å². The second kappa shape index (κ2) is 6.03. The lowest BCUT2D eigenvalue weighted by Crippen LogP contribution is -2.33. The summed E-state index contributed by atoms with van der Waals surface area (Å²) in [6.07, 6.45) is 0. The lowest BCUT2D eigenvalue weighted by Gasteiger charge is -2.18. The molecule has 0 aliphatic carbocycles. The van der Waals surface area contributed by atoms with Gasteiger partial charge in [-0.1, -0.05) is 42.5 Å². The van der Waals surface area contributed by atoms with E-state index in [1.165, 1.54) is 16.4 Å². The third kappa shape index (κ3) is 2.89. The fourth-order valence-corrected chi connectivity index (χ4v) is 4.89. The number of sulfonamides is 1. The van der Waals surface area contributed by atoms with E-state index in [0.717, 1.165) is 5.56 Å². The smallest absolute Gasteiger partial charge is 0.246 e. The minimum atomic E-state index is -3.90. The Balaban J connectivity index is 1.94. The van der Waals surface area contributed by atoms with Crippen molar-refractivity contribution in [2.75, 3.05) is 13.1 Å². The molecule has 4 nitrogen and oxygen atoms in total. The predicted molar refractivity (Wildman–Crippen MR) is 87.1 cm³/mol. The van der Waals surface area contributed by atoms with Crippen molar-refractivity contribution < 1.29 is 12.8 Å². The molecule has 0 amide bonds. The second-order valence-electron chi connectivity index (χ2n) is 5.89. The third-order valence-corrected chi connectivity index (χ3v) is 6.33. The Kier molecular flexibility index (Phi) is 4.23. The van der Waals surface area contributed by atoms with Crippen LogP contribution >= 0.6 is 0 Å². The number of halogens is 1. The molecule has 0 radical (unpaired) electrons. The first-order valence-electron chi connectivity index (χ1n) is 7.47. The first-order chi connectivity index (χ1) is 10.9. The van der Waals surface area contributed by atoms with Crippen LogP contribution in [-0.4, -0.2) is 31.9 Å². The van der Waals surface area contributed by atoms with Gasteiger partial charge < -0.3 is 5.73 Å². The van der Waals surface area contributed by atoms with Crippen molar-refractivity contribution in [1.29, 1.82) is 0 Å². The normalized spacial score (nSPS) is 22.4. The molecule has 6 heteroatoms. The SMILES string of the molecule is Cc1cccc(F)c1S(=O)(=O)N1C[C@@H](N)[C@H](c2ccccc2)C1. The lowest BCUT2D eigenvalue weighted by molar-refractivity contribution is 0.462. The van der Waals surface area contributed by atoms with E-state index in [2.05, 4.69) is 0 Å². The van der Waals surface area contributed by atoms with Gasteiger partial charge in [0.25, 0.3) is 0 Å². The maximum absolute atomic E-state index is 14.1. The van der Waals surface area contributed by atoms with E-state index in [4.69, 9.17) is 5.73 Å². The van der Waals surface area contributed by atoms with Crippen LogP contribution < -0.4 is 5.73 Å². The summed E-state index contributed by atoms with van der Waals surface area (Å²) in [7, 11) is -3.90. The molecule has 2 atom stereocenters. The van der Waals surface area contributed by atoms with Crippen molar-refractivity contribution in [2.24, 2.45) is 5.73 Å². The topological polar surface area (TPSA) is 63.4 Å². The number of benzene rings is 2. The fraction of sp³-hybridized carbons (Fsp3) is 0.294. The quantitative estimate of drug-likeness (QED) is 0.936. The highest BCUT2D eigenvalue weighted by Gasteiger charge is 2.39. The molecule has 1 heterocycles. The Morgan fingerprint density at radius 1 is 1.09 bits per heavy atom. The van der Waals surface area contributed by atoms with Crippen LogP contribution in [0.5, 0.6) is 0 Å². The summed E-state index contributed by atoms with van der Waals surface area (Å²) < 4.78 is 41.0. The van der Waals surface area contributed by atoms with Crippen LogP contribution in [0.3, 0.4) is 0 Å². The molecule has 1 fully saturated rings. The van der Waals surface area contributed by atoms with Crippen molar-refractivity contribution >= 4 is 10.0 Å². The summed E-state index contributed by atoms with van der Waals surface area (Å²) >= 11 is 0. The van der Waals surface area contributed by atoms with Crippen LogP contribution in [-0.2, 0) is 10.0 Å². The van der Waals surface area contributed by atoms with Gasteiger partial charge in [-0.25, -0.2) is 12.8 Å². The molecule has 2 aromatic rings. The minimum absolute atomic E-state index is 0.0851. The molecule has 122 valence electrons. The molecule has 23 heavy (non-hydrogen) atoms. The summed E-state index contributed by atoms with van der Waals surface area (Å²) in [5.74, 6) is -0.806. The molecule has 2 aromatic carbocycles. The van der Waals surface area contributed by atoms with Gasteiger partial charge in [0.05, 0.1) is 0 Å². The molecule has 1 aliphatic rings. The maximum atomic E-state index is 14.1. The van der Waals surface area contributed by atoms with E-state index in [9.17, 15) is 12.8 Å². The number of nitrogens with zero attached hydrogens (tertiary/aromatic N) is 1. The highest BCUT2D eigenvalue weighted by Crippen LogP contribution is 2.32. The number of hydrogen-bond acceptors (Lipinski definition) is 3. The number of hydrogen-bond donors (Lipinski definition) is 1. The molecule has 0 bridgehead atoms. The van der Waals surface area contributed by atoms with E-state index in [0.29, 0.717) is 5.56 Å². The molecular formula is C17H19FN2O2S. The average molecular weight is 334 g/mol. The summed E-state index contributed by atoms with van der Waals surface area (Å²) in [6, 6.07) is 13.6. The fourth-order valence-electron chi connectivity index (χ4n) is 3.11. The number of aryl methyl sites for hydroxylation is 1. The van der Waals surface area contributed by atoms with Gasteiger partial charge in [-0.3, -0.25) is 0 Å². The molecule has 3 rings (SSSR count). The molecule has 0 saturated carbocycles. The van der Waals surface area contributed by atoms with Gasteiger partial charge in [0.2, 0.25) is 10.0 Å². The molecule has 0 aromatic heterocycles. The number of rotatable bonds is 3. The van der Waals surface area contributed by atoms with E-state index in [1.807, 2.05) is 30.3 Å². The Labute approximate surface area is 135 Å². The van der Waals surface area contributed by atoms with Gasteiger partial charge in [0.1, 0.15) is 10.7 Å².